The summed E-state index contributed by atoms with van der Waals surface area (Å²) in [6, 6.07) is 6.03. The fraction of sp³-hybridized carbons (Fsp3) is 0.538. The zero-order chi connectivity index (χ0) is 24.5. The SMILES string of the molecule is CCC(CC)Oc1cc(C)ccc1Nc1ncnc(C)c1N=C(C)C(=O)NCC1CCNCC1. The highest BCUT2D eigenvalue weighted by Crippen LogP contribution is 2.34. The molecule has 0 spiro atoms. The summed E-state index contributed by atoms with van der Waals surface area (Å²) in [4.78, 5) is 26.1. The third-order valence-corrected chi connectivity index (χ3v) is 6.22. The quantitative estimate of drug-likeness (QED) is 0.442. The number of aliphatic imine (C=N–C) groups is 1. The minimum Gasteiger partial charge on any atom is -0.488 e. The molecule has 8 heteroatoms. The van der Waals surface area contributed by atoms with Crippen molar-refractivity contribution in [3.8, 4) is 5.75 Å². The van der Waals surface area contributed by atoms with Crippen molar-refractivity contribution in [1.82, 2.24) is 20.6 Å². The molecule has 2 aromatic rings. The van der Waals surface area contributed by atoms with Crippen molar-refractivity contribution in [2.24, 2.45) is 10.9 Å². The Kier molecular flexibility index (Phi) is 9.39. The molecule has 1 amide bonds. The first-order chi connectivity index (χ1) is 16.4. The van der Waals surface area contributed by atoms with E-state index in [-0.39, 0.29) is 12.0 Å². The van der Waals surface area contributed by atoms with E-state index >= 15 is 0 Å². The molecule has 0 aliphatic carbocycles. The number of carbonyl (C=O) groups is 1. The van der Waals surface area contributed by atoms with Gasteiger partial charge in [0.1, 0.15) is 23.5 Å². The van der Waals surface area contributed by atoms with Crippen molar-refractivity contribution in [2.75, 3.05) is 25.0 Å². The van der Waals surface area contributed by atoms with E-state index in [1.807, 2.05) is 32.0 Å². The maximum atomic E-state index is 12.7. The van der Waals surface area contributed by atoms with Gasteiger partial charge in [0.15, 0.2) is 5.82 Å². The van der Waals surface area contributed by atoms with Crippen LogP contribution in [-0.4, -0.2) is 47.3 Å². The highest BCUT2D eigenvalue weighted by Gasteiger charge is 2.17. The number of anilines is 2. The van der Waals surface area contributed by atoms with Gasteiger partial charge in [-0.15, -0.1) is 0 Å². The molecule has 1 aromatic carbocycles. The van der Waals surface area contributed by atoms with E-state index in [2.05, 4.69) is 44.8 Å². The van der Waals surface area contributed by atoms with E-state index in [1.165, 1.54) is 6.33 Å². The van der Waals surface area contributed by atoms with Gasteiger partial charge >= 0.3 is 0 Å². The predicted molar refractivity (Wildman–Crippen MR) is 138 cm³/mol. The third kappa shape index (κ3) is 7.00. The second-order valence-electron chi connectivity index (χ2n) is 8.94. The molecule has 3 rings (SSSR count). The minimum absolute atomic E-state index is 0.137. The van der Waals surface area contributed by atoms with E-state index in [9.17, 15) is 4.79 Å². The second-order valence-corrected chi connectivity index (χ2v) is 8.94. The molecule has 8 nitrogen and oxygen atoms in total. The number of ether oxygens (including phenoxy) is 1. The fourth-order valence-corrected chi connectivity index (χ4v) is 3.95. The first-order valence-corrected chi connectivity index (χ1v) is 12.3. The van der Waals surface area contributed by atoms with Gasteiger partial charge in [-0.05, 0) is 83.2 Å². The zero-order valence-corrected chi connectivity index (χ0v) is 21.1. The number of nitrogens with one attached hydrogen (secondary N) is 3. The number of hydrogen-bond acceptors (Lipinski definition) is 7. The summed E-state index contributed by atoms with van der Waals surface area (Å²) in [5.74, 6) is 1.65. The van der Waals surface area contributed by atoms with Crippen LogP contribution in [-0.2, 0) is 4.79 Å². The molecule has 0 bridgehead atoms. The van der Waals surface area contributed by atoms with Crippen molar-refractivity contribution in [3.05, 3.63) is 35.8 Å². The summed E-state index contributed by atoms with van der Waals surface area (Å²) in [6.45, 7) is 12.6. The third-order valence-electron chi connectivity index (χ3n) is 6.22. The average molecular weight is 467 g/mol. The summed E-state index contributed by atoms with van der Waals surface area (Å²) in [7, 11) is 0. The zero-order valence-electron chi connectivity index (χ0n) is 21.1. The molecule has 0 saturated carbocycles. The maximum Gasteiger partial charge on any atom is 0.265 e. The molecular formula is C26H38N6O2. The number of hydrogen-bond donors (Lipinski definition) is 3. The van der Waals surface area contributed by atoms with Gasteiger partial charge in [0.2, 0.25) is 0 Å². The Morgan fingerprint density at radius 1 is 1.21 bits per heavy atom. The smallest absolute Gasteiger partial charge is 0.265 e. The van der Waals surface area contributed by atoms with Crippen LogP contribution in [0.15, 0.2) is 29.5 Å². The molecule has 0 unspecified atom stereocenters. The molecule has 0 atom stereocenters. The Labute approximate surface area is 203 Å². The Hall–Kier alpha value is -3.00. The highest BCUT2D eigenvalue weighted by atomic mass is 16.5. The van der Waals surface area contributed by atoms with Crippen molar-refractivity contribution in [2.45, 2.75) is 66.4 Å². The minimum atomic E-state index is -0.166. The van der Waals surface area contributed by atoms with Gasteiger partial charge in [-0.1, -0.05) is 19.9 Å². The molecule has 1 aromatic heterocycles. The molecule has 0 radical (unpaired) electrons. The first-order valence-electron chi connectivity index (χ1n) is 12.3. The van der Waals surface area contributed by atoms with Gasteiger partial charge in [0, 0.05) is 6.54 Å². The van der Waals surface area contributed by atoms with Crippen LogP contribution >= 0.6 is 0 Å². The molecule has 3 N–H and O–H groups in total. The summed E-state index contributed by atoms with van der Waals surface area (Å²) >= 11 is 0. The molecule has 1 aliphatic rings. The van der Waals surface area contributed by atoms with Gasteiger partial charge in [0.25, 0.3) is 5.91 Å². The van der Waals surface area contributed by atoms with Crippen LogP contribution in [0.1, 0.15) is 57.7 Å². The predicted octanol–water partition coefficient (Wildman–Crippen LogP) is 4.61. The Morgan fingerprint density at radius 3 is 2.65 bits per heavy atom. The summed E-state index contributed by atoms with van der Waals surface area (Å²) in [5, 5.41) is 9.75. The molecule has 1 saturated heterocycles. The van der Waals surface area contributed by atoms with E-state index < -0.39 is 0 Å². The lowest BCUT2D eigenvalue weighted by atomic mass is 9.98. The molecule has 34 heavy (non-hydrogen) atoms. The van der Waals surface area contributed by atoms with Gasteiger partial charge in [-0.3, -0.25) is 4.79 Å². The Bertz CT molecular complexity index is 997. The molecule has 1 fully saturated rings. The van der Waals surface area contributed by atoms with Crippen LogP contribution in [0.5, 0.6) is 5.75 Å². The van der Waals surface area contributed by atoms with Crippen LogP contribution in [0.3, 0.4) is 0 Å². The number of aryl methyl sites for hydroxylation is 2. The van der Waals surface area contributed by atoms with Crippen LogP contribution in [0.4, 0.5) is 17.2 Å². The molecule has 2 heterocycles. The lowest BCUT2D eigenvalue weighted by molar-refractivity contribution is -0.115. The van der Waals surface area contributed by atoms with E-state index in [0.717, 1.165) is 55.8 Å². The summed E-state index contributed by atoms with van der Waals surface area (Å²) in [5.41, 5.74) is 3.54. The topological polar surface area (TPSA) is 101 Å². The number of piperidine rings is 1. The molecule has 1 aliphatic heterocycles. The van der Waals surface area contributed by atoms with Crippen LogP contribution in [0, 0.1) is 19.8 Å². The fourth-order valence-electron chi connectivity index (χ4n) is 3.95. The number of amides is 1. The average Bonchev–Trinajstić information content (AvgIpc) is 2.85. The molecular weight excluding hydrogens is 428 g/mol. The van der Waals surface area contributed by atoms with E-state index in [0.29, 0.717) is 35.4 Å². The standard InChI is InChI=1S/C26H38N6O2/c1-6-21(7-2)34-23-14-17(3)8-9-22(23)32-25-24(18(4)29-16-30-25)31-19(5)26(33)28-15-20-10-12-27-13-11-20/h8-9,14,16,20-21,27H,6-7,10-13,15H2,1-5H3,(H,28,33)(H,29,30,32). The lowest BCUT2D eigenvalue weighted by Crippen LogP contribution is -2.38. The van der Waals surface area contributed by atoms with Crippen molar-refractivity contribution in [3.63, 3.8) is 0 Å². The van der Waals surface area contributed by atoms with Crippen molar-refractivity contribution >= 4 is 28.8 Å². The van der Waals surface area contributed by atoms with Crippen molar-refractivity contribution in [1.29, 1.82) is 0 Å². The number of aromatic nitrogens is 2. The van der Waals surface area contributed by atoms with Gasteiger partial charge in [-0.2, -0.15) is 0 Å². The number of nitrogens with zero attached hydrogens (tertiary/aromatic N) is 3. The van der Waals surface area contributed by atoms with Crippen LogP contribution in [0.2, 0.25) is 0 Å². The van der Waals surface area contributed by atoms with Crippen LogP contribution < -0.4 is 20.7 Å². The maximum absolute atomic E-state index is 12.7. The van der Waals surface area contributed by atoms with Crippen molar-refractivity contribution < 1.29 is 9.53 Å². The normalized spacial score (nSPS) is 14.8. The van der Waals surface area contributed by atoms with Gasteiger partial charge in [0.05, 0.1) is 17.5 Å². The van der Waals surface area contributed by atoms with E-state index in [1.54, 1.807) is 6.92 Å². The lowest BCUT2D eigenvalue weighted by Gasteiger charge is -2.22. The number of rotatable bonds is 10. The summed E-state index contributed by atoms with van der Waals surface area (Å²) < 4.78 is 6.27. The largest absolute Gasteiger partial charge is 0.488 e. The Morgan fingerprint density at radius 2 is 1.94 bits per heavy atom. The first kappa shape index (κ1) is 25.6. The monoisotopic (exact) mass is 466 g/mol. The summed E-state index contributed by atoms with van der Waals surface area (Å²) in [6.07, 6.45) is 5.65. The molecule has 184 valence electrons. The number of carbonyl (C=O) groups excluding carboxylic acids is 1. The Balaban J connectivity index is 1.80. The second kappa shape index (κ2) is 12.5. The van der Waals surface area contributed by atoms with E-state index in [4.69, 9.17) is 4.74 Å². The van der Waals surface area contributed by atoms with Gasteiger partial charge in [-0.25, -0.2) is 15.0 Å². The van der Waals surface area contributed by atoms with Crippen LogP contribution in [0.25, 0.3) is 0 Å². The van der Waals surface area contributed by atoms with Gasteiger partial charge < -0.3 is 20.7 Å². The number of benzene rings is 1. The highest BCUT2D eigenvalue weighted by molar-refractivity contribution is 6.38.